The Morgan fingerprint density at radius 2 is 2.07 bits per heavy atom. The van der Waals surface area contributed by atoms with Crippen LogP contribution >= 0.6 is 0 Å². The van der Waals surface area contributed by atoms with Gasteiger partial charge in [0.2, 0.25) is 5.95 Å². The van der Waals surface area contributed by atoms with Crippen molar-refractivity contribution in [2.45, 2.75) is 32.7 Å². The highest BCUT2D eigenvalue weighted by Crippen LogP contribution is 2.36. The van der Waals surface area contributed by atoms with Gasteiger partial charge in [-0.15, -0.1) is 0 Å². The van der Waals surface area contributed by atoms with E-state index in [1.807, 2.05) is 44.2 Å². The number of hydrogen-bond donors (Lipinski definition) is 2. The third kappa shape index (κ3) is 3.49. The zero-order chi connectivity index (χ0) is 20.5. The second-order valence-corrected chi connectivity index (χ2v) is 7.41. The van der Waals surface area contributed by atoms with Gasteiger partial charge in [0.1, 0.15) is 11.5 Å². The highest BCUT2D eigenvalue weighted by atomic mass is 16.5. The number of aromatic amines is 1. The Kier molecular flexibility index (Phi) is 4.62. The van der Waals surface area contributed by atoms with Gasteiger partial charge in [-0.05, 0) is 44.9 Å². The summed E-state index contributed by atoms with van der Waals surface area (Å²) in [5, 5.41) is 14.6. The first-order valence-corrected chi connectivity index (χ1v) is 9.95. The molecule has 1 unspecified atom stereocenters. The number of nitrogens with zero attached hydrogens (tertiary/aromatic N) is 6. The standard InChI is InChI=1S/C21H22N8O/c1-13-11-20(27-26-13)24-19-7-9-23-21(25-19)29-10-4-6-17(29)18-12-16(28-30-18)15-5-3-8-22-14(15)2/h3,5,7-9,11-12,17H,4,6,10H2,1-2H3,(H2,23,24,25,26,27). The third-order valence-corrected chi connectivity index (χ3v) is 5.25. The summed E-state index contributed by atoms with van der Waals surface area (Å²) in [6.07, 6.45) is 5.53. The summed E-state index contributed by atoms with van der Waals surface area (Å²) in [6.45, 7) is 4.79. The van der Waals surface area contributed by atoms with Crippen LogP contribution in [0.4, 0.5) is 17.6 Å². The molecule has 4 aromatic rings. The fourth-order valence-electron chi connectivity index (χ4n) is 3.80. The fraction of sp³-hybridized carbons (Fsp3) is 0.286. The van der Waals surface area contributed by atoms with E-state index in [1.54, 1.807) is 12.4 Å². The largest absolute Gasteiger partial charge is 0.359 e. The van der Waals surface area contributed by atoms with Gasteiger partial charge in [-0.25, -0.2) is 4.98 Å². The number of nitrogens with one attached hydrogen (secondary N) is 2. The highest BCUT2D eigenvalue weighted by Gasteiger charge is 2.31. The van der Waals surface area contributed by atoms with E-state index in [1.165, 1.54) is 0 Å². The third-order valence-electron chi connectivity index (χ3n) is 5.25. The first-order chi connectivity index (χ1) is 14.7. The lowest BCUT2D eigenvalue weighted by Crippen LogP contribution is -2.24. The van der Waals surface area contributed by atoms with Crippen LogP contribution in [-0.2, 0) is 0 Å². The molecule has 0 saturated carbocycles. The number of rotatable bonds is 5. The van der Waals surface area contributed by atoms with Crippen molar-refractivity contribution in [2.24, 2.45) is 0 Å². The maximum atomic E-state index is 5.73. The molecule has 5 heterocycles. The van der Waals surface area contributed by atoms with Gasteiger partial charge in [-0.1, -0.05) is 5.16 Å². The minimum atomic E-state index is 0.0473. The Morgan fingerprint density at radius 1 is 1.13 bits per heavy atom. The Hall–Kier alpha value is -3.75. The summed E-state index contributed by atoms with van der Waals surface area (Å²) in [7, 11) is 0. The van der Waals surface area contributed by atoms with Gasteiger partial charge < -0.3 is 14.7 Å². The minimum Gasteiger partial charge on any atom is -0.359 e. The molecular weight excluding hydrogens is 380 g/mol. The lowest BCUT2D eigenvalue weighted by atomic mass is 10.1. The predicted octanol–water partition coefficient (Wildman–Crippen LogP) is 3.95. The Labute approximate surface area is 173 Å². The van der Waals surface area contributed by atoms with Crippen LogP contribution in [0.5, 0.6) is 0 Å². The number of aryl methyl sites for hydroxylation is 2. The quantitative estimate of drug-likeness (QED) is 0.516. The van der Waals surface area contributed by atoms with E-state index in [9.17, 15) is 0 Å². The van der Waals surface area contributed by atoms with E-state index in [4.69, 9.17) is 9.51 Å². The zero-order valence-corrected chi connectivity index (χ0v) is 16.8. The molecule has 1 saturated heterocycles. The number of pyridine rings is 1. The van der Waals surface area contributed by atoms with Crippen LogP contribution in [0, 0.1) is 13.8 Å². The molecular formula is C21H22N8O. The molecule has 1 aliphatic rings. The van der Waals surface area contributed by atoms with E-state index in [0.717, 1.165) is 53.6 Å². The van der Waals surface area contributed by atoms with Crippen molar-refractivity contribution in [1.82, 2.24) is 30.3 Å². The first kappa shape index (κ1) is 18.3. The van der Waals surface area contributed by atoms with Gasteiger partial charge in [-0.2, -0.15) is 10.1 Å². The van der Waals surface area contributed by atoms with Crippen molar-refractivity contribution in [3.63, 3.8) is 0 Å². The molecule has 2 N–H and O–H groups in total. The van der Waals surface area contributed by atoms with E-state index < -0.39 is 0 Å². The lowest BCUT2D eigenvalue weighted by Gasteiger charge is -2.22. The summed E-state index contributed by atoms with van der Waals surface area (Å²) in [5.41, 5.74) is 3.69. The van der Waals surface area contributed by atoms with E-state index in [0.29, 0.717) is 11.8 Å². The maximum absolute atomic E-state index is 5.73. The maximum Gasteiger partial charge on any atom is 0.227 e. The molecule has 0 aromatic carbocycles. The average Bonchev–Trinajstić information content (AvgIpc) is 3.49. The molecule has 9 nitrogen and oxygen atoms in total. The Morgan fingerprint density at radius 3 is 2.90 bits per heavy atom. The van der Waals surface area contributed by atoms with Crippen LogP contribution < -0.4 is 10.2 Å². The molecule has 1 atom stereocenters. The second kappa shape index (κ2) is 7.58. The SMILES string of the molecule is Cc1cc(Nc2ccnc(N3CCCC3c3cc(-c4cccnc4C)no3)n2)n[nH]1. The van der Waals surface area contributed by atoms with Gasteiger partial charge >= 0.3 is 0 Å². The van der Waals surface area contributed by atoms with Gasteiger partial charge in [0, 0.05) is 48.0 Å². The molecule has 0 spiro atoms. The summed E-state index contributed by atoms with van der Waals surface area (Å²) >= 11 is 0. The van der Waals surface area contributed by atoms with Gasteiger partial charge in [-0.3, -0.25) is 10.1 Å². The molecule has 4 aromatic heterocycles. The monoisotopic (exact) mass is 402 g/mol. The van der Waals surface area contributed by atoms with Crippen molar-refractivity contribution in [3.05, 3.63) is 59.9 Å². The van der Waals surface area contributed by atoms with Crippen LogP contribution in [0.1, 0.15) is 36.0 Å². The van der Waals surface area contributed by atoms with Crippen molar-refractivity contribution < 1.29 is 4.52 Å². The van der Waals surface area contributed by atoms with E-state index in [-0.39, 0.29) is 6.04 Å². The Balaban J connectivity index is 1.39. The van der Waals surface area contributed by atoms with Crippen LogP contribution in [0.2, 0.25) is 0 Å². The first-order valence-electron chi connectivity index (χ1n) is 9.95. The molecule has 1 aliphatic heterocycles. The lowest BCUT2D eigenvalue weighted by molar-refractivity contribution is 0.362. The Bertz CT molecular complexity index is 1170. The summed E-state index contributed by atoms with van der Waals surface area (Å²) in [5.74, 6) is 2.89. The van der Waals surface area contributed by atoms with Gasteiger partial charge in [0.25, 0.3) is 0 Å². The highest BCUT2D eigenvalue weighted by molar-refractivity contribution is 5.61. The molecule has 30 heavy (non-hydrogen) atoms. The molecule has 5 rings (SSSR count). The van der Waals surface area contributed by atoms with Crippen LogP contribution in [-0.4, -0.2) is 36.9 Å². The molecule has 0 aliphatic carbocycles. The zero-order valence-electron chi connectivity index (χ0n) is 16.8. The van der Waals surface area contributed by atoms with Crippen molar-refractivity contribution in [1.29, 1.82) is 0 Å². The molecule has 0 amide bonds. The molecule has 1 fully saturated rings. The minimum absolute atomic E-state index is 0.0473. The number of H-pyrrole nitrogens is 1. The summed E-state index contributed by atoms with van der Waals surface area (Å²) in [4.78, 5) is 15.7. The van der Waals surface area contributed by atoms with Crippen LogP contribution in [0.15, 0.2) is 47.2 Å². The summed E-state index contributed by atoms with van der Waals surface area (Å²) in [6, 6.07) is 9.72. The summed E-state index contributed by atoms with van der Waals surface area (Å²) < 4.78 is 5.73. The number of anilines is 3. The van der Waals surface area contributed by atoms with Crippen molar-refractivity contribution in [2.75, 3.05) is 16.8 Å². The van der Waals surface area contributed by atoms with Gasteiger partial charge in [0.15, 0.2) is 11.6 Å². The molecule has 0 radical (unpaired) electrons. The van der Waals surface area contributed by atoms with Gasteiger partial charge in [0.05, 0.1) is 6.04 Å². The normalized spacial score (nSPS) is 16.2. The molecule has 152 valence electrons. The smallest absolute Gasteiger partial charge is 0.227 e. The number of aromatic nitrogens is 6. The van der Waals surface area contributed by atoms with E-state index >= 15 is 0 Å². The van der Waals surface area contributed by atoms with Crippen molar-refractivity contribution in [3.8, 4) is 11.3 Å². The average molecular weight is 402 g/mol. The molecule has 0 bridgehead atoms. The number of hydrogen-bond acceptors (Lipinski definition) is 8. The predicted molar refractivity (Wildman–Crippen MR) is 112 cm³/mol. The fourth-order valence-corrected chi connectivity index (χ4v) is 3.80. The van der Waals surface area contributed by atoms with Crippen molar-refractivity contribution >= 4 is 17.6 Å². The molecule has 9 heteroatoms. The second-order valence-electron chi connectivity index (χ2n) is 7.41. The van der Waals surface area contributed by atoms with Crippen LogP contribution in [0.25, 0.3) is 11.3 Å². The topological polar surface area (TPSA) is 109 Å². The van der Waals surface area contributed by atoms with Crippen LogP contribution in [0.3, 0.4) is 0 Å². The van der Waals surface area contributed by atoms with E-state index in [2.05, 4.69) is 35.5 Å².